The van der Waals surface area contributed by atoms with E-state index in [0.29, 0.717) is 37.4 Å². The Labute approximate surface area is 179 Å². The number of ether oxygens (including phenoxy) is 1. The monoisotopic (exact) mass is 444 g/mol. The molecule has 0 fully saturated rings. The van der Waals surface area contributed by atoms with Crippen molar-refractivity contribution >= 4 is 45.1 Å². The van der Waals surface area contributed by atoms with E-state index in [-0.39, 0.29) is 17.4 Å². The molecular formula is C19H20N6O3S2. The van der Waals surface area contributed by atoms with E-state index < -0.39 is 5.97 Å². The summed E-state index contributed by atoms with van der Waals surface area (Å²) in [5, 5.41) is 5.24. The second kappa shape index (κ2) is 7.80. The standard InChI is InChI=1S/C19H20N6O3S2/c1-6-28-17(27)13-10(4)12-15(26)21-14(22-16(12)30-13)11(5)29-19-23-18-20-8(2)7-9(3)25(18)24-19/h7,11H,6H2,1-5H3,(H,21,22,26). The zero-order valence-electron chi connectivity index (χ0n) is 17.1. The average molecular weight is 445 g/mol. The summed E-state index contributed by atoms with van der Waals surface area (Å²) in [5.41, 5.74) is 2.13. The van der Waals surface area contributed by atoms with Gasteiger partial charge in [0, 0.05) is 11.4 Å². The molecule has 0 aromatic carbocycles. The van der Waals surface area contributed by atoms with Gasteiger partial charge in [0.1, 0.15) is 15.5 Å². The van der Waals surface area contributed by atoms with Crippen LogP contribution in [0.25, 0.3) is 16.0 Å². The van der Waals surface area contributed by atoms with Crippen molar-refractivity contribution in [3.05, 3.63) is 44.1 Å². The van der Waals surface area contributed by atoms with Gasteiger partial charge in [-0.25, -0.2) is 19.3 Å². The summed E-state index contributed by atoms with van der Waals surface area (Å²) in [6.07, 6.45) is 0. The smallest absolute Gasteiger partial charge is 0.348 e. The van der Waals surface area contributed by atoms with Gasteiger partial charge in [-0.1, -0.05) is 11.8 Å². The molecule has 156 valence electrons. The maximum absolute atomic E-state index is 12.7. The number of aryl methyl sites for hydroxylation is 3. The number of hydrogen-bond donors (Lipinski definition) is 1. The SMILES string of the molecule is CCOC(=O)c1sc2nc(C(C)Sc3nc4nc(C)cc(C)n4n3)[nH]c(=O)c2c1C. The molecule has 0 spiro atoms. The quantitative estimate of drug-likeness (QED) is 0.368. The lowest BCUT2D eigenvalue weighted by molar-refractivity contribution is 0.0531. The minimum absolute atomic E-state index is 0.214. The molecule has 1 N–H and O–H groups in total. The fourth-order valence-corrected chi connectivity index (χ4v) is 5.04. The predicted molar refractivity (Wildman–Crippen MR) is 115 cm³/mol. The maximum atomic E-state index is 12.7. The number of aromatic amines is 1. The molecule has 4 aromatic heterocycles. The number of thioether (sulfide) groups is 1. The minimum Gasteiger partial charge on any atom is -0.462 e. The van der Waals surface area contributed by atoms with Crippen molar-refractivity contribution in [2.24, 2.45) is 0 Å². The number of carbonyl (C=O) groups is 1. The highest BCUT2D eigenvalue weighted by molar-refractivity contribution is 7.99. The molecule has 1 unspecified atom stereocenters. The molecule has 0 saturated carbocycles. The van der Waals surface area contributed by atoms with Crippen molar-refractivity contribution in [2.45, 2.75) is 45.0 Å². The summed E-state index contributed by atoms with van der Waals surface area (Å²) in [7, 11) is 0. The number of rotatable bonds is 5. The first-order valence-corrected chi connectivity index (χ1v) is 11.1. The Hall–Kier alpha value is -2.79. The molecule has 0 bridgehead atoms. The van der Waals surface area contributed by atoms with Crippen molar-refractivity contribution in [2.75, 3.05) is 6.61 Å². The molecular weight excluding hydrogens is 424 g/mol. The summed E-state index contributed by atoms with van der Waals surface area (Å²) in [6.45, 7) is 9.52. The highest BCUT2D eigenvalue weighted by Gasteiger charge is 2.22. The average Bonchev–Trinajstić information content (AvgIpc) is 3.23. The van der Waals surface area contributed by atoms with Gasteiger partial charge in [0.25, 0.3) is 11.3 Å². The van der Waals surface area contributed by atoms with Gasteiger partial charge in [-0.3, -0.25) is 4.79 Å². The van der Waals surface area contributed by atoms with Crippen molar-refractivity contribution in [1.29, 1.82) is 0 Å². The number of thiophene rings is 1. The lowest BCUT2D eigenvalue weighted by Gasteiger charge is -2.07. The number of H-pyrrole nitrogens is 1. The van der Waals surface area contributed by atoms with Crippen LogP contribution in [0.3, 0.4) is 0 Å². The number of carbonyl (C=O) groups excluding carboxylic acids is 1. The Morgan fingerprint density at radius 2 is 2.07 bits per heavy atom. The molecule has 0 aliphatic rings. The van der Waals surface area contributed by atoms with Crippen LogP contribution in [0.1, 0.15) is 51.5 Å². The molecule has 30 heavy (non-hydrogen) atoms. The maximum Gasteiger partial charge on any atom is 0.348 e. The van der Waals surface area contributed by atoms with Crippen molar-refractivity contribution < 1.29 is 9.53 Å². The van der Waals surface area contributed by atoms with Crippen molar-refractivity contribution in [3.63, 3.8) is 0 Å². The van der Waals surface area contributed by atoms with Crippen LogP contribution in [0.2, 0.25) is 0 Å². The fourth-order valence-electron chi connectivity index (χ4n) is 3.16. The molecule has 0 aliphatic carbocycles. The van der Waals surface area contributed by atoms with Crippen LogP contribution in [0.15, 0.2) is 16.0 Å². The van der Waals surface area contributed by atoms with Crippen LogP contribution in [0, 0.1) is 20.8 Å². The van der Waals surface area contributed by atoms with E-state index in [1.807, 2.05) is 26.8 Å². The van der Waals surface area contributed by atoms with Crippen LogP contribution in [-0.2, 0) is 4.74 Å². The summed E-state index contributed by atoms with van der Waals surface area (Å²) < 4.78 is 6.77. The van der Waals surface area contributed by atoms with Crippen LogP contribution < -0.4 is 5.56 Å². The van der Waals surface area contributed by atoms with Gasteiger partial charge in [-0.05, 0) is 46.2 Å². The first kappa shape index (κ1) is 20.5. The number of nitrogens with zero attached hydrogens (tertiary/aromatic N) is 5. The van der Waals surface area contributed by atoms with Gasteiger partial charge in [-0.2, -0.15) is 4.98 Å². The van der Waals surface area contributed by atoms with Crippen LogP contribution in [0.4, 0.5) is 0 Å². The third-order valence-corrected chi connectivity index (χ3v) is 6.67. The Bertz CT molecular complexity index is 1340. The molecule has 0 radical (unpaired) electrons. The number of hydrogen-bond acceptors (Lipinski definition) is 9. The third-order valence-electron chi connectivity index (χ3n) is 4.55. The zero-order chi connectivity index (χ0) is 21.6. The largest absolute Gasteiger partial charge is 0.462 e. The molecule has 11 heteroatoms. The lowest BCUT2D eigenvalue weighted by Crippen LogP contribution is -2.13. The second-order valence-electron chi connectivity index (χ2n) is 6.81. The van der Waals surface area contributed by atoms with Crippen molar-refractivity contribution in [1.82, 2.24) is 29.5 Å². The van der Waals surface area contributed by atoms with Crippen LogP contribution >= 0.6 is 23.1 Å². The normalized spacial score (nSPS) is 12.6. The Kier molecular flexibility index (Phi) is 5.33. The number of aromatic nitrogens is 6. The van der Waals surface area contributed by atoms with Crippen LogP contribution in [0.5, 0.6) is 0 Å². The van der Waals surface area contributed by atoms with Crippen LogP contribution in [-0.4, -0.2) is 42.1 Å². The minimum atomic E-state index is -0.437. The molecule has 4 rings (SSSR count). The summed E-state index contributed by atoms with van der Waals surface area (Å²) >= 11 is 2.55. The Balaban J connectivity index is 1.68. The molecule has 4 heterocycles. The molecule has 4 aromatic rings. The Morgan fingerprint density at radius 3 is 2.80 bits per heavy atom. The topological polar surface area (TPSA) is 115 Å². The van der Waals surface area contributed by atoms with E-state index in [9.17, 15) is 9.59 Å². The summed E-state index contributed by atoms with van der Waals surface area (Å²) in [4.78, 5) is 42.1. The van der Waals surface area contributed by atoms with E-state index in [1.165, 1.54) is 23.1 Å². The highest BCUT2D eigenvalue weighted by Crippen LogP contribution is 2.33. The summed E-state index contributed by atoms with van der Waals surface area (Å²) in [5.74, 6) is 0.592. The van der Waals surface area contributed by atoms with Gasteiger partial charge < -0.3 is 9.72 Å². The predicted octanol–water partition coefficient (Wildman–Crippen LogP) is 3.38. The molecule has 0 aliphatic heterocycles. The van der Waals surface area contributed by atoms with E-state index >= 15 is 0 Å². The van der Waals surface area contributed by atoms with E-state index in [4.69, 9.17) is 4.74 Å². The first-order valence-electron chi connectivity index (χ1n) is 9.36. The zero-order valence-corrected chi connectivity index (χ0v) is 18.8. The van der Waals surface area contributed by atoms with Gasteiger partial charge in [0.2, 0.25) is 5.16 Å². The fraction of sp³-hybridized carbons (Fsp3) is 0.368. The molecule has 0 saturated heterocycles. The van der Waals surface area contributed by atoms with E-state index in [2.05, 4.69) is 25.0 Å². The molecule has 1 atom stereocenters. The van der Waals surface area contributed by atoms with Crippen molar-refractivity contribution in [3.8, 4) is 0 Å². The highest BCUT2D eigenvalue weighted by atomic mass is 32.2. The van der Waals surface area contributed by atoms with Gasteiger partial charge in [-0.15, -0.1) is 16.4 Å². The number of esters is 1. The number of fused-ring (bicyclic) bond motifs is 2. The first-order chi connectivity index (χ1) is 14.3. The number of nitrogens with one attached hydrogen (secondary N) is 1. The third kappa shape index (κ3) is 3.58. The summed E-state index contributed by atoms with van der Waals surface area (Å²) in [6, 6.07) is 1.94. The van der Waals surface area contributed by atoms with E-state index in [1.54, 1.807) is 18.4 Å². The molecule has 9 nitrogen and oxygen atoms in total. The second-order valence-corrected chi connectivity index (χ2v) is 9.12. The lowest BCUT2D eigenvalue weighted by atomic mass is 10.2. The van der Waals surface area contributed by atoms with Gasteiger partial charge >= 0.3 is 5.97 Å². The van der Waals surface area contributed by atoms with Gasteiger partial charge in [0.15, 0.2) is 0 Å². The molecule has 0 amide bonds. The Morgan fingerprint density at radius 1 is 1.30 bits per heavy atom. The van der Waals surface area contributed by atoms with Gasteiger partial charge in [0.05, 0.1) is 17.2 Å². The van der Waals surface area contributed by atoms with E-state index in [0.717, 1.165) is 11.4 Å².